The molecule has 0 aliphatic heterocycles. The Bertz CT molecular complexity index is 2610. The van der Waals surface area contributed by atoms with E-state index >= 15 is 0 Å². The zero-order chi connectivity index (χ0) is 31.2. The van der Waals surface area contributed by atoms with Gasteiger partial charge in [0.2, 0.25) is 0 Å². The molecule has 6 aromatic carbocycles. The van der Waals surface area contributed by atoms with Crippen LogP contribution in [-0.2, 0) is 10.8 Å². The second kappa shape index (κ2) is 8.42. The maximum absolute atomic E-state index is 4.81. The summed E-state index contributed by atoms with van der Waals surface area (Å²) in [6, 6.07) is 54.6. The topological polar surface area (TPSA) is 25.8 Å². The van der Waals surface area contributed by atoms with Gasteiger partial charge in [-0.25, -0.2) is 0 Å². The number of pyridine rings is 2. The molecule has 0 saturated heterocycles. The van der Waals surface area contributed by atoms with Crippen molar-refractivity contribution in [2.45, 2.75) is 10.8 Å². The molecular weight excluding hydrogens is 581 g/mol. The third-order valence-electron chi connectivity index (χ3n) is 11.8. The highest BCUT2D eigenvalue weighted by molar-refractivity contribution is 6.21. The van der Waals surface area contributed by atoms with E-state index in [4.69, 9.17) is 9.97 Å². The lowest BCUT2D eigenvalue weighted by Crippen LogP contribution is -2.28. The number of fused-ring (bicyclic) bond motifs is 22. The Balaban J connectivity index is 1.33. The number of hydrogen-bond donors (Lipinski definition) is 0. The molecule has 0 bridgehead atoms. The predicted molar refractivity (Wildman–Crippen MR) is 194 cm³/mol. The third kappa shape index (κ3) is 2.55. The number of rotatable bonds is 0. The molecule has 0 saturated carbocycles. The summed E-state index contributed by atoms with van der Waals surface area (Å²) < 4.78 is 0. The van der Waals surface area contributed by atoms with Crippen LogP contribution in [0.4, 0.5) is 0 Å². The fourth-order valence-electron chi connectivity index (χ4n) is 10.3. The molecule has 12 rings (SSSR count). The molecule has 0 amide bonds. The van der Waals surface area contributed by atoms with Crippen molar-refractivity contribution in [3.05, 3.63) is 202 Å². The lowest BCUT2D eigenvalue weighted by atomic mass is 9.66. The highest BCUT2D eigenvalue weighted by Crippen LogP contribution is 2.74. The van der Waals surface area contributed by atoms with E-state index in [2.05, 4.69) is 146 Å². The van der Waals surface area contributed by atoms with Crippen LogP contribution in [0.5, 0.6) is 0 Å². The zero-order valence-electron chi connectivity index (χ0n) is 25.9. The van der Waals surface area contributed by atoms with Crippen molar-refractivity contribution in [1.82, 2.24) is 9.97 Å². The second-order valence-electron chi connectivity index (χ2n) is 13.5. The van der Waals surface area contributed by atoms with Gasteiger partial charge >= 0.3 is 0 Å². The average Bonchev–Trinajstić information content (AvgIpc) is 3.84. The summed E-state index contributed by atoms with van der Waals surface area (Å²) in [6.45, 7) is 0. The van der Waals surface area contributed by atoms with Crippen molar-refractivity contribution in [2.24, 2.45) is 0 Å². The molecule has 4 aliphatic carbocycles. The van der Waals surface area contributed by atoms with Crippen molar-refractivity contribution in [2.75, 3.05) is 0 Å². The fourth-order valence-corrected chi connectivity index (χ4v) is 10.3. The molecule has 2 atom stereocenters. The summed E-state index contributed by atoms with van der Waals surface area (Å²) in [5.41, 5.74) is 20.0. The highest BCUT2D eigenvalue weighted by atomic mass is 14.7. The van der Waals surface area contributed by atoms with Crippen LogP contribution < -0.4 is 0 Å². The van der Waals surface area contributed by atoms with Crippen molar-refractivity contribution < 1.29 is 0 Å². The van der Waals surface area contributed by atoms with Gasteiger partial charge in [0.1, 0.15) is 0 Å². The van der Waals surface area contributed by atoms with Gasteiger partial charge in [0.05, 0.1) is 21.9 Å². The van der Waals surface area contributed by atoms with E-state index in [-0.39, 0.29) is 0 Å². The van der Waals surface area contributed by atoms with E-state index in [0.717, 1.165) is 11.0 Å². The summed E-state index contributed by atoms with van der Waals surface area (Å²) in [7, 11) is 0. The van der Waals surface area contributed by atoms with Gasteiger partial charge in [0, 0.05) is 23.2 Å². The Morgan fingerprint density at radius 2 is 0.688 bits per heavy atom. The van der Waals surface area contributed by atoms with Gasteiger partial charge in [0.15, 0.2) is 0 Å². The first kappa shape index (κ1) is 25.0. The molecule has 0 N–H and O–H groups in total. The minimum absolute atomic E-state index is 0.475. The summed E-state index contributed by atoms with van der Waals surface area (Å²) in [6.07, 6.45) is 3.81. The molecule has 2 spiro atoms. The molecule has 2 nitrogen and oxygen atoms in total. The Kier molecular flexibility index (Phi) is 4.39. The largest absolute Gasteiger partial charge is 0.256 e. The maximum atomic E-state index is 4.81. The Labute approximate surface area is 277 Å². The van der Waals surface area contributed by atoms with Gasteiger partial charge in [-0.1, -0.05) is 121 Å². The van der Waals surface area contributed by atoms with Gasteiger partial charge in [-0.05, 0) is 102 Å². The quantitative estimate of drug-likeness (QED) is 0.172. The summed E-state index contributed by atoms with van der Waals surface area (Å²) in [5.74, 6) is 0. The predicted octanol–water partition coefficient (Wildman–Crippen LogP) is 10.4. The van der Waals surface area contributed by atoms with E-state index in [0.29, 0.717) is 0 Å². The van der Waals surface area contributed by atoms with Crippen LogP contribution >= 0.6 is 0 Å². The SMILES string of the molecule is c1ccc2c(c1)C1=C(c3ccccc3[C@]13c1ccccc1-c1c3ccc3ncccc13)C21c2ccccc2-c2c1ccc1ncccc21. The molecule has 2 heteroatoms. The number of benzene rings is 6. The van der Waals surface area contributed by atoms with Crippen molar-refractivity contribution >= 4 is 33.0 Å². The normalized spacial score (nSPS) is 20.2. The molecule has 220 valence electrons. The second-order valence-corrected chi connectivity index (χ2v) is 13.5. The first-order chi connectivity index (χ1) is 23.8. The van der Waals surface area contributed by atoms with E-state index in [9.17, 15) is 0 Å². The Hall–Kier alpha value is -6.12. The summed E-state index contributed by atoms with van der Waals surface area (Å²) in [5, 5.41) is 2.42. The summed E-state index contributed by atoms with van der Waals surface area (Å²) in [4.78, 5) is 9.62. The van der Waals surface area contributed by atoms with Crippen LogP contribution in [-0.4, -0.2) is 9.97 Å². The number of allylic oxidation sites excluding steroid dienone is 2. The molecule has 0 fully saturated rings. The highest BCUT2D eigenvalue weighted by Gasteiger charge is 2.63. The smallest absolute Gasteiger partial charge is 0.0729 e. The van der Waals surface area contributed by atoms with E-state index in [1.54, 1.807) is 0 Å². The van der Waals surface area contributed by atoms with Crippen LogP contribution in [0.25, 0.3) is 55.2 Å². The Morgan fingerprint density at radius 1 is 0.312 bits per heavy atom. The van der Waals surface area contributed by atoms with Crippen molar-refractivity contribution in [1.29, 1.82) is 0 Å². The van der Waals surface area contributed by atoms with Gasteiger partial charge in [-0.15, -0.1) is 0 Å². The van der Waals surface area contributed by atoms with Gasteiger partial charge < -0.3 is 0 Å². The van der Waals surface area contributed by atoms with Crippen LogP contribution in [0.3, 0.4) is 0 Å². The van der Waals surface area contributed by atoms with Gasteiger partial charge in [-0.3, -0.25) is 9.97 Å². The number of aromatic nitrogens is 2. The number of nitrogens with zero attached hydrogens (tertiary/aromatic N) is 2. The molecule has 4 aliphatic rings. The monoisotopic (exact) mass is 606 g/mol. The lowest BCUT2D eigenvalue weighted by Gasteiger charge is -2.34. The molecule has 2 heterocycles. The lowest BCUT2D eigenvalue weighted by molar-refractivity contribution is 0.827. The van der Waals surface area contributed by atoms with Gasteiger partial charge in [-0.2, -0.15) is 0 Å². The first-order valence-electron chi connectivity index (χ1n) is 16.8. The number of hydrogen-bond acceptors (Lipinski definition) is 2. The molecular formula is C46H26N2. The minimum atomic E-state index is -0.475. The van der Waals surface area contributed by atoms with Crippen molar-refractivity contribution in [3.63, 3.8) is 0 Å². The van der Waals surface area contributed by atoms with Gasteiger partial charge in [0.25, 0.3) is 0 Å². The molecule has 1 unspecified atom stereocenters. The molecule has 8 aromatic rings. The first-order valence-corrected chi connectivity index (χ1v) is 16.8. The molecule has 48 heavy (non-hydrogen) atoms. The van der Waals surface area contributed by atoms with E-state index < -0.39 is 10.8 Å². The van der Waals surface area contributed by atoms with Crippen LogP contribution in [0.1, 0.15) is 44.5 Å². The standard InChI is InChI=1S/C46H26N2/c1-5-17-33-27(11-1)41-31-15-9-25-47-39(31)23-21-37(41)45(33)35-19-7-3-13-29(35)44-43(45)30-14-4-8-20-36(30)46(44)34-18-6-2-12-28(34)42-32-16-10-26-48-40(32)24-22-38(42)46/h1-26H/t45-,46?/m0/s1. The van der Waals surface area contributed by atoms with Crippen molar-refractivity contribution in [3.8, 4) is 22.3 Å². The van der Waals surface area contributed by atoms with Crippen LogP contribution in [0.2, 0.25) is 0 Å². The molecule has 0 radical (unpaired) electrons. The summed E-state index contributed by atoms with van der Waals surface area (Å²) >= 11 is 0. The Morgan fingerprint density at radius 3 is 1.12 bits per heavy atom. The third-order valence-corrected chi connectivity index (χ3v) is 11.8. The zero-order valence-corrected chi connectivity index (χ0v) is 25.9. The van der Waals surface area contributed by atoms with E-state index in [1.807, 2.05) is 12.4 Å². The minimum Gasteiger partial charge on any atom is -0.256 e. The molecule has 2 aromatic heterocycles. The average molecular weight is 607 g/mol. The fraction of sp³-hybridized carbons (Fsp3) is 0.0435. The van der Waals surface area contributed by atoms with Crippen LogP contribution in [0, 0.1) is 0 Å². The maximum Gasteiger partial charge on any atom is 0.0729 e. The van der Waals surface area contributed by atoms with Crippen LogP contribution in [0.15, 0.2) is 158 Å². The van der Waals surface area contributed by atoms with E-state index in [1.165, 1.54) is 88.7 Å².